The van der Waals surface area contributed by atoms with Gasteiger partial charge in [0.25, 0.3) is 0 Å². The lowest BCUT2D eigenvalue weighted by Gasteiger charge is -2.23. The van der Waals surface area contributed by atoms with E-state index in [2.05, 4.69) is 21.8 Å². The molecule has 4 heteroatoms. The van der Waals surface area contributed by atoms with Gasteiger partial charge in [-0.15, -0.1) is 0 Å². The Balaban J connectivity index is 2.11. The summed E-state index contributed by atoms with van der Waals surface area (Å²) in [5, 5.41) is 0. The number of aromatic nitrogens is 2. The molecule has 1 aliphatic rings. The lowest BCUT2D eigenvalue weighted by molar-refractivity contribution is 0.459. The largest absolute Gasteiger partial charge is 0.355 e. The summed E-state index contributed by atoms with van der Waals surface area (Å²) in [6.07, 6.45) is 8.62. The third-order valence-electron chi connectivity index (χ3n) is 3.67. The van der Waals surface area contributed by atoms with E-state index in [1.54, 1.807) is 12.4 Å². The minimum Gasteiger partial charge on any atom is -0.355 e. The molecule has 17 heavy (non-hydrogen) atoms. The Labute approximate surface area is 103 Å². The first kappa shape index (κ1) is 12.3. The van der Waals surface area contributed by atoms with Crippen molar-refractivity contribution in [1.82, 2.24) is 9.97 Å². The zero-order valence-corrected chi connectivity index (χ0v) is 10.6. The molecule has 1 aliphatic heterocycles. The van der Waals surface area contributed by atoms with Gasteiger partial charge >= 0.3 is 0 Å². The van der Waals surface area contributed by atoms with E-state index in [4.69, 9.17) is 5.73 Å². The van der Waals surface area contributed by atoms with E-state index in [0.29, 0.717) is 6.54 Å². The smallest absolute Gasteiger partial charge is 0.151 e. The van der Waals surface area contributed by atoms with Crippen molar-refractivity contribution >= 4 is 5.82 Å². The fourth-order valence-electron chi connectivity index (χ4n) is 2.55. The second-order valence-corrected chi connectivity index (χ2v) is 4.72. The molecule has 0 aliphatic carbocycles. The van der Waals surface area contributed by atoms with Crippen molar-refractivity contribution in [1.29, 1.82) is 0 Å². The standard InChI is InChI=1S/C13H22N4/c1-2-11-4-3-8-17(9-5-11)13-12(10-14)15-6-7-16-13/h6-7,11H,2-5,8-10,14H2,1H3. The van der Waals surface area contributed by atoms with Crippen LogP contribution in [0.2, 0.25) is 0 Å². The second-order valence-electron chi connectivity index (χ2n) is 4.72. The fourth-order valence-corrected chi connectivity index (χ4v) is 2.55. The molecular formula is C13H22N4. The monoisotopic (exact) mass is 234 g/mol. The number of hydrogen-bond donors (Lipinski definition) is 1. The number of hydrogen-bond acceptors (Lipinski definition) is 4. The van der Waals surface area contributed by atoms with Crippen LogP contribution in [0.5, 0.6) is 0 Å². The lowest BCUT2D eigenvalue weighted by Crippen LogP contribution is -2.27. The molecule has 0 spiro atoms. The van der Waals surface area contributed by atoms with Gasteiger partial charge in [0.15, 0.2) is 5.82 Å². The van der Waals surface area contributed by atoms with Crippen LogP contribution in [-0.2, 0) is 6.54 Å². The molecule has 0 radical (unpaired) electrons. The van der Waals surface area contributed by atoms with Crippen LogP contribution in [-0.4, -0.2) is 23.1 Å². The predicted molar refractivity (Wildman–Crippen MR) is 69.8 cm³/mol. The highest BCUT2D eigenvalue weighted by atomic mass is 15.2. The Morgan fingerprint density at radius 3 is 2.88 bits per heavy atom. The summed E-state index contributed by atoms with van der Waals surface area (Å²) in [5.74, 6) is 1.87. The summed E-state index contributed by atoms with van der Waals surface area (Å²) >= 11 is 0. The van der Waals surface area contributed by atoms with E-state index in [0.717, 1.165) is 30.5 Å². The fraction of sp³-hybridized carbons (Fsp3) is 0.692. The van der Waals surface area contributed by atoms with Gasteiger partial charge in [0.05, 0.1) is 5.69 Å². The van der Waals surface area contributed by atoms with Gasteiger partial charge < -0.3 is 10.6 Å². The Kier molecular flexibility index (Phi) is 4.31. The first-order valence-corrected chi connectivity index (χ1v) is 6.60. The highest BCUT2D eigenvalue weighted by Crippen LogP contribution is 2.24. The molecule has 1 aromatic rings. The van der Waals surface area contributed by atoms with Crippen LogP contribution >= 0.6 is 0 Å². The average molecular weight is 234 g/mol. The van der Waals surface area contributed by atoms with E-state index in [1.807, 2.05) is 0 Å². The third-order valence-corrected chi connectivity index (χ3v) is 3.67. The summed E-state index contributed by atoms with van der Waals surface area (Å²) in [7, 11) is 0. The molecule has 1 fully saturated rings. The molecule has 1 atom stereocenters. The first-order chi connectivity index (χ1) is 8.35. The Morgan fingerprint density at radius 1 is 1.29 bits per heavy atom. The van der Waals surface area contributed by atoms with E-state index in [1.165, 1.54) is 25.7 Å². The molecule has 94 valence electrons. The second kappa shape index (κ2) is 5.96. The van der Waals surface area contributed by atoms with Crippen LogP contribution in [0.4, 0.5) is 5.82 Å². The molecule has 0 aromatic carbocycles. The quantitative estimate of drug-likeness (QED) is 0.868. The van der Waals surface area contributed by atoms with Gasteiger partial charge in [-0.2, -0.15) is 0 Å². The summed E-state index contributed by atoms with van der Waals surface area (Å²) in [6, 6.07) is 0. The highest BCUT2D eigenvalue weighted by molar-refractivity contribution is 5.43. The van der Waals surface area contributed by atoms with Gasteiger partial charge in [-0.05, 0) is 25.2 Å². The van der Waals surface area contributed by atoms with Crippen LogP contribution in [0.25, 0.3) is 0 Å². The number of nitrogens with two attached hydrogens (primary N) is 1. The van der Waals surface area contributed by atoms with Crippen molar-refractivity contribution in [2.45, 2.75) is 39.2 Å². The van der Waals surface area contributed by atoms with Crippen molar-refractivity contribution < 1.29 is 0 Å². The average Bonchev–Trinajstić information content (AvgIpc) is 2.63. The molecule has 1 unspecified atom stereocenters. The Morgan fingerprint density at radius 2 is 2.12 bits per heavy atom. The minimum atomic E-state index is 0.469. The molecule has 4 nitrogen and oxygen atoms in total. The molecule has 2 heterocycles. The zero-order valence-electron chi connectivity index (χ0n) is 10.6. The van der Waals surface area contributed by atoms with E-state index < -0.39 is 0 Å². The van der Waals surface area contributed by atoms with Crippen molar-refractivity contribution in [3.05, 3.63) is 18.1 Å². The zero-order chi connectivity index (χ0) is 12.1. The maximum absolute atomic E-state index is 5.72. The lowest BCUT2D eigenvalue weighted by atomic mass is 9.98. The predicted octanol–water partition coefficient (Wildman–Crippen LogP) is 1.95. The van der Waals surface area contributed by atoms with Crippen molar-refractivity contribution in [2.24, 2.45) is 11.7 Å². The molecule has 0 bridgehead atoms. The van der Waals surface area contributed by atoms with Crippen molar-refractivity contribution in [3.8, 4) is 0 Å². The Bertz CT molecular complexity index is 353. The van der Waals surface area contributed by atoms with Gasteiger partial charge in [-0.3, -0.25) is 4.98 Å². The van der Waals surface area contributed by atoms with Gasteiger partial charge in [-0.25, -0.2) is 4.98 Å². The number of rotatable bonds is 3. The van der Waals surface area contributed by atoms with Crippen LogP contribution in [0.1, 0.15) is 38.3 Å². The molecule has 0 saturated carbocycles. The summed E-state index contributed by atoms with van der Waals surface area (Å²) in [4.78, 5) is 11.1. The third kappa shape index (κ3) is 2.94. The minimum absolute atomic E-state index is 0.469. The summed E-state index contributed by atoms with van der Waals surface area (Å²) in [5.41, 5.74) is 6.64. The number of nitrogens with zero attached hydrogens (tertiary/aromatic N) is 3. The normalized spacial score (nSPS) is 21.3. The van der Waals surface area contributed by atoms with Crippen LogP contribution in [0, 0.1) is 5.92 Å². The van der Waals surface area contributed by atoms with Gasteiger partial charge in [0.1, 0.15) is 0 Å². The first-order valence-electron chi connectivity index (χ1n) is 6.60. The van der Waals surface area contributed by atoms with E-state index in [-0.39, 0.29) is 0 Å². The van der Waals surface area contributed by atoms with Crippen LogP contribution in [0.15, 0.2) is 12.4 Å². The molecule has 1 aromatic heterocycles. The van der Waals surface area contributed by atoms with Crippen LogP contribution < -0.4 is 10.6 Å². The maximum Gasteiger partial charge on any atom is 0.151 e. The van der Waals surface area contributed by atoms with E-state index >= 15 is 0 Å². The van der Waals surface area contributed by atoms with Crippen LogP contribution in [0.3, 0.4) is 0 Å². The molecule has 2 rings (SSSR count). The molecule has 0 amide bonds. The van der Waals surface area contributed by atoms with E-state index in [9.17, 15) is 0 Å². The number of anilines is 1. The van der Waals surface area contributed by atoms with Gasteiger partial charge in [0.2, 0.25) is 0 Å². The molecular weight excluding hydrogens is 212 g/mol. The van der Waals surface area contributed by atoms with Gasteiger partial charge in [-0.1, -0.05) is 13.3 Å². The highest BCUT2D eigenvalue weighted by Gasteiger charge is 2.18. The Hall–Kier alpha value is -1.16. The molecule has 1 saturated heterocycles. The maximum atomic E-state index is 5.72. The van der Waals surface area contributed by atoms with Gasteiger partial charge in [0, 0.05) is 32.0 Å². The SMILES string of the molecule is CCC1CCCN(c2nccnc2CN)CC1. The van der Waals surface area contributed by atoms with Crippen molar-refractivity contribution in [2.75, 3.05) is 18.0 Å². The summed E-state index contributed by atoms with van der Waals surface area (Å²) in [6.45, 7) is 4.93. The summed E-state index contributed by atoms with van der Waals surface area (Å²) < 4.78 is 0. The molecule has 2 N–H and O–H groups in total. The van der Waals surface area contributed by atoms with Crippen molar-refractivity contribution in [3.63, 3.8) is 0 Å². The topological polar surface area (TPSA) is 55.0 Å².